The van der Waals surface area contributed by atoms with Crippen molar-refractivity contribution < 1.29 is 28.6 Å². The van der Waals surface area contributed by atoms with Crippen LogP contribution in [0.2, 0.25) is 0 Å². The van der Waals surface area contributed by atoms with E-state index in [1.54, 1.807) is 18.1 Å². The molecule has 0 saturated carbocycles. The molecule has 1 aliphatic heterocycles. The predicted molar refractivity (Wildman–Crippen MR) is 157 cm³/mol. The molecule has 1 aliphatic rings. The molecular formula is C32H46FN3O5. The Labute approximate surface area is 243 Å². The zero-order valence-electron chi connectivity index (χ0n) is 24.7. The van der Waals surface area contributed by atoms with Gasteiger partial charge in [0.2, 0.25) is 11.8 Å². The Morgan fingerprint density at radius 1 is 1.17 bits per heavy atom. The molecule has 1 heterocycles. The Bertz CT molecular complexity index is 1110. The van der Waals surface area contributed by atoms with E-state index in [0.717, 1.165) is 18.4 Å². The summed E-state index contributed by atoms with van der Waals surface area (Å²) in [5.41, 5.74) is 2.94. The van der Waals surface area contributed by atoms with Gasteiger partial charge in [-0.15, -0.1) is 0 Å². The molecule has 1 unspecified atom stereocenters. The maximum Gasteiger partial charge on any atom is 0.223 e. The number of hydrogen-bond acceptors (Lipinski definition) is 6. The molecule has 0 aliphatic carbocycles. The second kappa shape index (κ2) is 17.1. The van der Waals surface area contributed by atoms with Crippen LogP contribution in [0.15, 0.2) is 42.5 Å². The first-order chi connectivity index (χ1) is 19.8. The summed E-state index contributed by atoms with van der Waals surface area (Å²) < 4.78 is 26.0. The van der Waals surface area contributed by atoms with E-state index in [0.29, 0.717) is 50.6 Å². The molecule has 2 aromatic carbocycles. The highest BCUT2D eigenvalue weighted by Crippen LogP contribution is 2.21. The van der Waals surface area contributed by atoms with Crippen LogP contribution in [0.1, 0.15) is 56.2 Å². The van der Waals surface area contributed by atoms with Gasteiger partial charge in [0, 0.05) is 58.1 Å². The van der Waals surface area contributed by atoms with Crippen LogP contribution in [0.25, 0.3) is 0 Å². The van der Waals surface area contributed by atoms with Crippen LogP contribution in [-0.2, 0) is 33.7 Å². The molecule has 2 aromatic rings. The van der Waals surface area contributed by atoms with Crippen molar-refractivity contribution >= 4 is 11.8 Å². The minimum absolute atomic E-state index is 0.00810. The van der Waals surface area contributed by atoms with E-state index in [1.807, 2.05) is 19.1 Å². The van der Waals surface area contributed by atoms with Crippen LogP contribution in [0.4, 0.5) is 4.39 Å². The molecule has 2 amide bonds. The summed E-state index contributed by atoms with van der Waals surface area (Å²) in [6, 6.07) is 12.0. The van der Waals surface area contributed by atoms with Gasteiger partial charge in [-0.25, -0.2) is 4.39 Å². The predicted octanol–water partition coefficient (Wildman–Crippen LogP) is 3.63. The molecule has 0 aromatic heterocycles. The molecule has 0 saturated heterocycles. The SMILES string of the molecule is CCCN1CCC(COC)COc2cc(F)cc(c2)C[C@@H]([C@H](O)CNCc2cccc(CC)c2)NC(=O)CCC1=O. The average Bonchev–Trinajstić information content (AvgIpc) is 2.95. The van der Waals surface area contributed by atoms with Gasteiger partial charge in [0.25, 0.3) is 0 Å². The largest absolute Gasteiger partial charge is 0.493 e. The topological polar surface area (TPSA) is 100 Å². The van der Waals surface area contributed by atoms with E-state index < -0.39 is 18.0 Å². The molecule has 226 valence electrons. The van der Waals surface area contributed by atoms with Gasteiger partial charge in [0.15, 0.2) is 0 Å². The minimum atomic E-state index is -0.946. The summed E-state index contributed by atoms with van der Waals surface area (Å²) in [7, 11) is 1.62. The second-order valence-corrected chi connectivity index (χ2v) is 10.8. The van der Waals surface area contributed by atoms with Gasteiger partial charge in [-0.05, 0) is 54.5 Å². The first kappa shape index (κ1) is 32.5. The van der Waals surface area contributed by atoms with Crippen LogP contribution in [-0.4, -0.2) is 73.9 Å². The number of rotatable bonds is 10. The van der Waals surface area contributed by atoms with Gasteiger partial charge in [-0.3, -0.25) is 9.59 Å². The number of nitrogens with one attached hydrogen (secondary N) is 2. The standard InChI is InChI=1S/C32H46FN3O5/c1-4-12-36-13-11-25(21-40-3)22-41-28-16-26(15-27(33)18-28)17-29(35-31(38)9-10-32(36)39)30(37)20-34-19-24-8-6-7-23(5-2)14-24/h6-8,14-16,18,25,29-30,34,37H,4-5,9-13,17,19-22H2,1-3H3,(H,35,38)/t25?,29-,30+/m0/s1. The monoisotopic (exact) mass is 571 g/mol. The summed E-state index contributed by atoms with van der Waals surface area (Å²) in [6.45, 7) is 6.79. The Kier molecular flexibility index (Phi) is 13.5. The lowest BCUT2D eigenvalue weighted by Gasteiger charge is -2.27. The summed E-state index contributed by atoms with van der Waals surface area (Å²) >= 11 is 0. The van der Waals surface area contributed by atoms with Gasteiger partial charge < -0.3 is 30.1 Å². The fourth-order valence-electron chi connectivity index (χ4n) is 5.12. The van der Waals surface area contributed by atoms with Crippen molar-refractivity contribution in [3.63, 3.8) is 0 Å². The number of carbonyl (C=O) groups is 2. The number of aliphatic hydroxyl groups is 1. The van der Waals surface area contributed by atoms with Crippen LogP contribution in [0.5, 0.6) is 5.75 Å². The molecule has 0 radical (unpaired) electrons. The van der Waals surface area contributed by atoms with Gasteiger partial charge in [-0.1, -0.05) is 38.1 Å². The van der Waals surface area contributed by atoms with E-state index >= 15 is 0 Å². The molecule has 9 heteroatoms. The summed E-state index contributed by atoms with van der Waals surface area (Å²) in [6.07, 6.45) is 1.76. The van der Waals surface area contributed by atoms with Crippen molar-refractivity contribution in [1.29, 1.82) is 0 Å². The number of nitrogens with zero attached hydrogens (tertiary/aromatic N) is 1. The van der Waals surface area contributed by atoms with Crippen molar-refractivity contribution in [2.45, 2.75) is 71.1 Å². The number of methoxy groups -OCH3 is 1. The Hall–Kier alpha value is -3.01. The first-order valence-corrected chi connectivity index (χ1v) is 14.8. The van der Waals surface area contributed by atoms with Crippen LogP contribution < -0.4 is 15.4 Å². The van der Waals surface area contributed by atoms with Crippen LogP contribution >= 0.6 is 0 Å². The molecule has 3 N–H and O–H groups in total. The van der Waals surface area contributed by atoms with E-state index in [1.165, 1.54) is 17.7 Å². The summed E-state index contributed by atoms with van der Waals surface area (Å²) in [5.74, 6) is -0.467. The Balaban J connectivity index is 1.78. The highest BCUT2D eigenvalue weighted by molar-refractivity contribution is 5.84. The number of carbonyl (C=O) groups excluding carboxylic acids is 2. The highest BCUT2D eigenvalue weighted by Gasteiger charge is 2.24. The number of ether oxygens (including phenoxy) is 2. The minimum Gasteiger partial charge on any atom is -0.493 e. The lowest BCUT2D eigenvalue weighted by molar-refractivity contribution is -0.134. The van der Waals surface area contributed by atoms with Gasteiger partial charge >= 0.3 is 0 Å². The fraction of sp³-hybridized carbons (Fsp3) is 0.562. The fourth-order valence-corrected chi connectivity index (χ4v) is 5.12. The molecule has 41 heavy (non-hydrogen) atoms. The quantitative estimate of drug-likeness (QED) is 0.403. The third kappa shape index (κ3) is 11.1. The number of aliphatic hydroxyl groups excluding tert-OH is 1. The van der Waals surface area contributed by atoms with Gasteiger partial charge in [-0.2, -0.15) is 0 Å². The molecule has 2 bridgehead atoms. The zero-order chi connectivity index (χ0) is 29.6. The van der Waals surface area contributed by atoms with Crippen molar-refractivity contribution in [3.05, 3.63) is 65.0 Å². The van der Waals surface area contributed by atoms with E-state index in [-0.39, 0.29) is 43.5 Å². The Morgan fingerprint density at radius 2 is 1.98 bits per heavy atom. The number of halogens is 1. The zero-order valence-corrected chi connectivity index (χ0v) is 24.7. The smallest absolute Gasteiger partial charge is 0.223 e. The van der Waals surface area contributed by atoms with Crippen molar-refractivity contribution in [2.75, 3.05) is 40.0 Å². The van der Waals surface area contributed by atoms with Crippen LogP contribution in [0, 0.1) is 11.7 Å². The summed E-state index contributed by atoms with van der Waals surface area (Å²) in [4.78, 5) is 27.7. The number of fused-ring (bicyclic) bond motifs is 2. The van der Waals surface area contributed by atoms with Gasteiger partial charge in [0.1, 0.15) is 11.6 Å². The molecule has 0 spiro atoms. The number of benzene rings is 2. The number of amides is 2. The second-order valence-electron chi connectivity index (χ2n) is 10.8. The van der Waals surface area contributed by atoms with Crippen molar-refractivity contribution in [2.24, 2.45) is 5.92 Å². The number of aryl methyl sites for hydroxylation is 1. The number of hydrogen-bond donors (Lipinski definition) is 3. The molecule has 8 nitrogen and oxygen atoms in total. The Morgan fingerprint density at radius 3 is 2.73 bits per heavy atom. The van der Waals surface area contributed by atoms with Crippen LogP contribution in [0.3, 0.4) is 0 Å². The first-order valence-electron chi connectivity index (χ1n) is 14.8. The van der Waals surface area contributed by atoms with E-state index in [4.69, 9.17) is 9.47 Å². The molecule has 3 rings (SSSR count). The highest BCUT2D eigenvalue weighted by atomic mass is 19.1. The normalized spacial score (nSPS) is 19.9. The lowest BCUT2D eigenvalue weighted by atomic mass is 9.99. The maximum atomic E-state index is 14.6. The van der Waals surface area contributed by atoms with Crippen molar-refractivity contribution in [3.8, 4) is 5.75 Å². The maximum absolute atomic E-state index is 14.6. The molecular weight excluding hydrogens is 525 g/mol. The summed E-state index contributed by atoms with van der Waals surface area (Å²) in [5, 5.41) is 17.3. The van der Waals surface area contributed by atoms with Crippen molar-refractivity contribution in [1.82, 2.24) is 15.5 Å². The molecule has 0 fully saturated rings. The molecule has 3 atom stereocenters. The third-order valence-corrected chi connectivity index (χ3v) is 7.39. The lowest BCUT2D eigenvalue weighted by Crippen LogP contribution is -2.49. The van der Waals surface area contributed by atoms with E-state index in [2.05, 4.69) is 29.7 Å². The average molecular weight is 572 g/mol. The third-order valence-electron chi connectivity index (χ3n) is 7.39. The van der Waals surface area contributed by atoms with Gasteiger partial charge in [0.05, 0.1) is 25.4 Å². The van der Waals surface area contributed by atoms with E-state index in [9.17, 15) is 19.1 Å².